The number of hydrogen-bond donors (Lipinski definition) is 1. The van der Waals surface area contributed by atoms with Gasteiger partial charge in [0, 0.05) is 37.4 Å². The van der Waals surface area contributed by atoms with E-state index in [2.05, 4.69) is 5.32 Å². The first-order valence-electron chi connectivity index (χ1n) is 8.42. The largest absolute Gasteiger partial charge is 0.383 e. The van der Waals surface area contributed by atoms with Gasteiger partial charge < -0.3 is 15.0 Å². The van der Waals surface area contributed by atoms with Crippen LogP contribution in [0.3, 0.4) is 0 Å². The van der Waals surface area contributed by atoms with Crippen LogP contribution in [0.25, 0.3) is 0 Å². The van der Waals surface area contributed by atoms with Crippen molar-refractivity contribution in [3.63, 3.8) is 0 Å². The van der Waals surface area contributed by atoms with Gasteiger partial charge >= 0.3 is 0 Å². The molecule has 5 nitrogen and oxygen atoms in total. The third-order valence-electron chi connectivity index (χ3n) is 4.79. The number of anilines is 2. The summed E-state index contributed by atoms with van der Waals surface area (Å²) in [5.74, 6) is 0.425. The van der Waals surface area contributed by atoms with Crippen molar-refractivity contribution in [1.82, 2.24) is 0 Å². The predicted molar refractivity (Wildman–Crippen MR) is 89.6 cm³/mol. The molecule has 124 valence electrons. The second-order valence-electron chi connectivity index (χ2n) is 6.35. The van der Waals surface area contributed by atoms with Gasteiger partial charge in [0.15, 0.2) is 0 Å². The molecule has 1 N–H and O–H groups in total. The van der Waals surface area contributed by atoms with Crippen molar-refractivity contribution in [2.75, 3.05) is 30.5 Å². The topological polar surface area (TPSA) is 58.6 Å². The van der Waals surface area contributed by atoms with Crippen molar-refractivity contribution < 1.29 is 14.3 Å². The lowest BCUT2D eigenvalue weighted by atomic mass is 10.00. The minimum atomic E-state index is 0.130. The van der Waals surface area contributed by atoms with Crippen LogP contribution >= 0.6 is 0 Å². The van der Waals surface area contributed by atoms with Crippen molar-refractivity contribution in [3.8, 4) is 0 Å². The quantitative estimate of drug-likeness (QED) is 0.908. The summed E-state index contributed by atoms with van der Waals surface area (Å²) in [6.07, 6.45) is 5.53. The Morgan fingerprint density at radius 2 is 2.09 bits per heavy atom. The van der Waals surface area contributed by atoms with E-state index in [1.165, 1.54) is 0 Å². The molecule has 1 aliphatic carbocycles. The van der Waals surface area contributed by atoms with Gasteiger partial charge in [0.25, 0.3) is 0 Å². The minimum Gasteiger partial charge on any atom is -0.383 e. The molecule has 0 saturated heterocycles. The maximum atomic E-state index is 12.2. The van der Waals surface area contributed by atoms with Crippen LogP contribution in [0.4, 0.5) is 11.4 Å². The van der Waals surface area contributed by atoms with E-state index in [1.807, 2.05) is 18.2 Å². The Morgan fingerprint density at radius 1 is 1.30 bits per heavy atom. The van der Waals surface area contributed by atoms with Gasteiger partial charge in [-0.3, -0.25) is 9.59 Å². The number of hydrogen-bond acceptors (Lipinski definition) is 3. The average molecular weight is 316 g/mol. The average Bonchev–Trinajstić information content (AvgIpc) is 3.09. The zero-order valence-electron chi connectivity index (χ0n) is 13.6. The molecule has 0 unspecified atom stereocenters. The summed E-state index contributed by atoms with van der Waals surface area (Å²) in [5, 5.41) is 3.04. The third kappa shape index (κ3) is 3.55. The van der Waals surface area contributed by atoms with Crippen molar-refractivity contribution >= 4 is 23.2 Å². The Bertz CT molecular complexity index is 594. The molecule has 3 rings (SSSR count). The van der Waals surface area contributed by atoms with E-state index in [0.717, 1.165) is 49.0 Å². The zero-order valence-corrected chi connectivity index (χ0v) is 13.6. The number of ether oxygens (including phenoxy) is 1. The fourth-order valence-electron chi connectivity index (χ4n) is 3.50. The SMILES string of the molecule is COCCN1C(=O)CCc2cc(NC(=O)C3CCCC3)ccc21. The van der Waals surface area contributed by atoms with Crippen LogP contribution in [0.15, 0.2) is 18.2 Å². The van der Waals surface area contributed by atoms with Crippen LogP contribution in [-0.2, 0) is 20.7 Å². The monoisotopic (exact) mass is 316 g/mol. The Morgan fingerprint density at radius 3 is 2.83 bits per heavy atom. The molecule has 23 heavy (non-hydrogen) atoms. The molecule has 1 saturated carbocycles. The fraction of sp³-hybridized carbons (Fsp3) is 0.556. The molecule has 1 heterocycles. The van der Waals surface area contributed by atoms with E-state index in [1.54, 1.807) is 12.0 Å². The number of benzene rings is 1. The van der Waals surface area contributed by atoms with Crippen LogP contribution in [0.5, 0.6) is 0 Å². The summed E-state index contributed by atoms with van der Waals surface area (Å²) >= 11 is 0. The number of carbonyl (C=O) groups is 2. The number of methoxy groups -OCH3 is 1. The molecule has 1 fully saturated rings. The van der Waals surface area contributed by atoms with Gasteiger partial charge in [0.2, 0.25) is 11.8 Å². The maximum absolute atomic E-state index is 12.2. The van der Waals surface area contributed by atoms with Crippen molar-refractivity contribution in [3.05, 3.63) is 23.8 Å². The van der Waals surface area contributed by atoms with Gasteiger partial charge in [-0.15, -0.1) is 0 Å². The minimum absolute atomic E-state index is 0.130. The highest BCUT2D eigenvalue weighted by Crippen LogP contribution is 2.31. The fourth-order valence-corrected chi connectivity index (χ4v) is 3.50. The summed E-state index contributed by atoms with van der Waals surface area (Å²) < 4.78 is 5.09. The van der Waals surface area contributed by atoms with Crippen LogP contribution in [0.2, 0.25) is 0 Å². The lowest BCUT2D eigenvalue weighted by Crippen LogP contribution is -2.37. The van der Waals surface area contributed by atoms with E-state index >= 15 is 0 Å². The molecule has 2 amide bonds. The van der Waals surface area contributed by atoms with E-state index < -0.39 is 0 Å². The standard InChI is InChI=1S/C18H24N2O3/c1-23-11-10-20-16-8-7-15(12-14(16)6-9-17(20)21)19-18(22)13-4-2-3-5-13/h7-8,12-13H,2-6,9-11H2,1H3,(H,19,22). The van der Waals surface area contributed by atoms with Gasteiger partial charge in [0.05, 0.1) is 6.61 Å². The molecule has 1 aromatic rings. The Hall–Kier alpha value is -1.88. The predicted octanol–water partition coefficient (Wildman–Crippen LogP) is 2.74. The molecule has 1 aliphatic heterocycles. The molecule has 0 bridgehead atoms. The lowest BCUT2D eigenvalue weighted by molar-refractivity contribution is -0.120. The summed E-state index contributed by atoms with van der Waals surface area (Å²) in [7, 11) is 1.64. The van der Waals surface area contributed by atoms with Crippen LogP contribution in [-0.4, -0.2) is 32.1 Å². The molecule has 0 aromatic heterocycles. The molecule has 0 atom stereocenters. The first kappa shape index (κ1) is 16.0. The molecular formula is C18H24N2O3. The highest BCUT2D eigenvalue weighted by molar-refractivity contribution is 5.98. The number of nitrogens with zero attached hydrogens (tertiary/aromatic N) is 1. The summed E-state index contributed by atoms with van der Waals surface area (Å²) in [6, 6.07) is 5.84. The maximum Gasteiger partial charge on any atom is 0.227 e. The number of rotatable bonds is 5. The third-order valence-corrected chi connectivity index (χ3v) is 4.79. The van der Waals surface area contributed by atoms with Gasteiger partial charge in [-0.1, -0.05) is 12.8 Å². The van der Waals surface area contributed by atoms with Crippen molar-refractivity contribution in [1.29, 1.82) is 0 Å². The normalized spacial score (nSPS) is 18.1. The molecule has 1 aromatic carbocycles. The number of amides is 2. The van der Waals surface area contributed by atoms with E-state index in [-0.39, 0.29) is 17.7 Å². The second kappa shape index (κ2) is 7.13. The molecule has 5 heteroatoms. The summed E-state index contributed by atoms with van der Waals surface area (Å²) in [6.45, 7) is 1.08. The van der Waals surface area contributed by atoms with Gasteiger partial charge in [-0.2, -0.15) is 0 Å². The number of aryl methyl sites for hydroxylation is 1. The van der Waals surface area contributed by atoms with E-state index in [4.69, 9.17) is 4.74 Å². The summed E-state index contributed by atoms with van der Waals surface area (Å²) in [5.41, 5.74) is 2.89. The number of fused-ring (bicyclic) bond motifs is 1. The van der Waals surface area contributed by atoms with Crippen molar-refractivity contribution in [2.45, 2.75) is 38.5 Å². The molecule has 0 radical (unpaired) electrons. The highest BCUT2D eigenvalue weighted by Gasteiger charge is 2.25. The molecular weight excluding hydrogens is 292 g/mol. The molecule has 2 aliphatic rings. The summed E-state index contributed by atoms with van der Waals surface area (Å²) in [4.78, 5) is 26.1. The first-order valence-corrected chi connectivity index (χ1v) is 8.42. The van der Waals surface area contributed by atoms with Crippen LogP contribution in [0.1, 0.15) is 37.7 Å². The smallest absolute Gasteiger partial charge is 0.227 e. The Balaban J connectivity index is 1.73. The highest BCUT2D eigenvalue weighted by atomic mass is 16.5. The molecule has 0 spiro atoms. The van der Waals surface area contributed by atoms with E-state index in [0.29, 0.717) is 19.6 Å². The Kier molecular flexibility index (Phi) is 4.96. The second-order valence-corrected chi connectivity index (χ2v) is 6.35. The van der Waals surface area contributed by atoms with Gasteiger partial charge in [0.1, 0.15) is 0 Å². The van der Waals surface area contributed by atoms with Gasteiger partial charge in [-0.25, -0.2) is 0 Å². The van der Waals surface area contributed by atoms with E-state index in [9.17, 15) is 9.59 Å². The first-order chi connectivity index (χ1) is 11.2. The van der Waals surface area contributed by atoms with Crippen LogP contribution in [0, 0.1) is 5.92 Å². The zero-order chi connectivity index (χ0) is 16.2. The number of nitrogens with one attached hydrogen (secondary N) is 1. The Labute approximate surface area is 137 Å². The van der Waals surface area contributed by atoms with Crippen molar-refractivity contribution in [2.24, 2.45) is 5.92 Å². The lowest BCUT2D eigenvalue weighted by Gasteiger charge is -2.29. The number of carbonyl (C=O) groups excluding carboxylic acids is 2. The van der Waals surface area contributed by atoms with Gasteiger partial charge in [-0.05, 0) is 43.0 Å². The van der Waals surface area contributed by atoms with Crippen LogP contribution < -0.4 is 10.2 Å².